The van der Waals surface area contributed by atoms with Crippen molar-refractivity contribution in [2.75, 3.05) is 0 Å². The predicted octanol–water partition coefficient (Wildman–Crippen LogP) is 7.89. The standard InChI is InChI=1S/C25H22F6O3/c1-2-3-4-17-5-7-18(8-6-17)24(28,29)33-21-11-9-19(10-12-21)25(30,31)34-22-15-13-20(14-16-22)32-23(26)27/h5-16,23H,2-4H2,1H3. The van der Waals surface area contributed by atoms with Crippen molar-refractivity contribution in [3.63, 3.8) is 0 Å². The molecule has 0 aliphatic heterocycles. The van der Waals surface area contributed by atoms with E-state index in [2.05, 4.69) is 9.47 Å². The number of hydrogen-bond donors (Lipinski definition) is 0. The summed E-state index contributed by atoms with van der Waals surface area (Å²) >= 11 is 0. The zero-order valence-electron chi connectivity index (χ0n) is 18.1. The van der Waals surface area contributed by atoms with Crippen LogP contribution in [0.3, 0.4) is 0 Å². The minimum Gasteiger partial charge on any atom is -0.435 e. The van der Waals surface area contributed by atoms with Gasteiger partial charge in [0.2, 0.25) is 0 Å². The van der Waals surface area contributed by atoms with E-state index in [0.717, 1.165) is 73.4 Å². The molecule has 0 fully saturated rings. The Bertz CT molecular complexity index is 1040. The number of hydrogen-bond acceptors (Lipinski definition) is 3. The van der Waals surface area contributed by atoms with Gasteiger partial charge in [0.15, 0.2) is 0 Å². The van der Waals surface area contributed by atoms with E-state index < -0.39 is 24.4 Å². The predicted molar refractivity (Wildman–Crippen MR) is 114 cm³/mol. The maximum Gasteiger partial charge on any atom is 0.426 e. The van der Waals surface area contributed by atoms with Gasteiger partial charge in [-0.15, -0.1) is 0 Å². The van der Waals surface area contributed by atoms with Gasteiger partial charge < -0.3 is 14.2 Å². The summed E-state index contributed by atoms with van der Waals surface area (Å²) in [4.78, 5) is 0. The highest BCUT2D eigenvalue weighted by Gasteiger charge is 2.36. The third-order valence-electron chi connectivity index (χ3n) is 4.84. The largest absolute Gasteiger partial charge is 0.435 e. The maximum absolute atomic E-state index is 14.5. The first-order valence-corrected chi connectivity index (χ1v) is 10.5. The van der Waals surface area contributed by atoms with Crippen LogP contribution in [-0.2, 0) is 18.6 Å². The lowest BCUT2D eigenvalue weighted by Gasteiger charge is -2.21. The molecule has 3 nitrogen and oxygen atoms in total. The van der Waals surface area contributed by atoms with E-state index in [0.29, 0.717) is 0 Å². The van der Waals surface area contributed by atoms with Crippen molar-refractivity contribution in [3.05, 3.63) is 89.5 Å². The van der Waals surface area contributed by atoms with Gasteiger partial charge in [-0.3, -0.25) is 0 Å². The SMILES string of the molecule is CCCCc1ccc(C(F)(F)Oc2ccc(C(F)(F)Oc3ccc(OC(F)F)cc3)cc2)cc1. The van der Waals surface area contributed by atoms with Crippen molar-refractivity contribution in [1.82, 2.24) is 0 Å². The van der Waals surface area contributed by atoms with Crippen LogP contribution in [-0.4, -0.2) is 6.61 Å². The van der Waals surface area contributed by atoms with Crippen LogP contribution in [0.25, 0.3) is 0 Å². The molecule has 0 heterocycles. The van der Waals surface area contributed by atoms with E-state index in [4.69, 9.17) is 4.74 Å². The van der Waals surface area contributed by atoms with Crippen LogP contribution >= 0.6 is 0 Å². The molecule has 3 rings (SSSR count). The van der Waals surface area contributed by atoms with Gasteiger partial charge >= 0.3 is 18.8 Å². The first-order valence-electron chi connectivity index (χ1n) is 10.5. The van der Waals surface area contributed by atoms with Gasteiger partial charge in [-0.2, -0.15) is 26.3 Å². The van der Waals surface area contributed by atoms with Crippen molar-refractivity contribution in [2.45, 2.75) is 45.0 Å². The van der Waals surface area contributed by atoms with E-state index >= 15 is 0 Å². The summed E-state index contributed by atoms with van der Waals surface area (Å²) < 4.78 is 95.8. The molecular formula is C25H22F6O3. The number of aryl methyl sites for hydroxylation is 1. The molecule has 0 atom stereocenters. The summed E-state index contributed by atoms with van der Waals surface area (Å²) in [5.74, 6) is -0.835. The van der Waals surface area contributed by atoms with Crippen LogP contribution in [0.4, 0.5) is 26.3 Å². The van der Waals surface area contributed by atoms with E-state index in [-0.39, 0.29) is 22.8 Å². The van der Waals surface area contributed by atoms with Crippen LogP contribution in [0.1, 0.15) is 36.5 Å². The molecule has 3 aromatic carbocycles. The average molecular weight is 484 g/mol. The second-order valence-electron chi connectivity index (χ2n) is 7.41. The number of unbranched alkanes of at least 4 members (excludes halogenated alkanes) is 1. The summed E-state index contributed by atoms with van der Waals surface area (Å²) in [6, 6.07) is 13.7. The van der Waals surface area contributed by atoms with E-state index in [1.54, 1.807) is 12.1 Å². The summed E-state index contributed by atoms with van der Waals surface area (Å²) in [7, 11) is 0. The smallest absolute Gasteiger partial charge is 0.426 e. The lowest BCUT2D eigenvalue weighted by molar-refractivity contribution is -0.187. The molecule has 0 aliphatic carbocycles. The van der Waals surface area contributed by atoms with Crippen molar-refractivity contribution in [2.24, 2.45) is 0 Å². The number of ether oxygens (including phenoxy) is 3. The lowest BCUT2D eigenvalue weighted by atomic mass is 10.1. The Labute approximate surface area is 192 Å². The minimum absolute atomic E-state index is 0.219. The minimum atomic E-state index is -3.82. The van der Waals surface area contributed by atoms with Gasteiger partial charge in [0, 0.05) is 0 Å². The van der Waals surface area contributed by atoms with Gasteiger partial charge in [0.1, 0.15) is 17.2 Å². The zero-order chi connectivity index (χ0) is 24.8. The third-order valence-corrected chi connectivity index (χ3v) is 4.84. The molecule has 0 aromatic heterocycles. The molecule has 0 radical (unpaired) electrons. The molecule has 0 N–H and O–H groups in total. The monoisotopic (exact) mass is 484 g/mol. The second kappa shape index (κ2) is 10.7. The van der Waals surface area contributed by atoms with Gasteiger partial charge in [0.25, 0.3) is 0 Å². The number of halogens is 6. The zero-order valence-corrected chi connectivity index (χ0v) is 18.1. The fraction of sp³-hybridized carbons (Fsp3) is 0.280. The molecule has 0 aliphatic rings. The Morgan fingerprint density at radius 2 is 1.06 bits per heavy atom. The number of benzene rings is 3. The Morgan fingerprint density at radius 1 is 0.647 bits per heavy atom. The Morgan fingerprint density at radius 3 is 1.50 bits per heavy atom. The number of alkyl halides is 6. The van der Waals surface area contributed by atoms with E-state index in [9.17, 15) is 26.3 Å². The first kappa shape index (κ1) is 25.3. The molecule has 0 spiro atoms. The molecule has 0 bridgehead atoms. The topological polar surface area (TPSA) is 27.7 Å². The summed E-state index contributed by atoms with van der Waals surface area (Å²) in [6.07, 6.45) is -4.75. The van der Waals surface area contributed by atoms with Gasteiger partial charge in [-0.05, 0) is 79.1 Å². The second-order valence-corrected chi connectivity index (χ2v) is 7.41. The van der Waals surface area contributed by atoms with Gasteiger partial charge in [0.05, 0.1) is 11.1 Å². The van der Waals surface area contributed by atoms with Gasteiger partial charge in [-0.25, -0.2) is 0 Å². The molecule has 0 unspecified atom stereocenters. The normalized spacial score (nSPS) is 12.0. The molecule has 3 aromatic rings. The van der Waals surface area contributed by atoms with Crippen LogP contribution in [0.2, 0.25) is 0 Å². The molecule has 9 heteroatoms. The van der Waals surface area contributed by atoms with Crippen LogP contribution in [0.15, 0.2) is 72.8 Å². The Balaban J connectivity index is 1.65. The molecular weight excluding hydrogens is 462 g/mol. The van der Waals surface area contributed by atoms with Crippen LogP contribution in [0, 0.1) is 0 Å². The molecule has 0 saturated carbocycles. The van der Waals surface area contributed by atoms with Crippen molar-refractivity contribution in [3.8, 4) is 17.2 Å². The highest BCUT2D eigenvalue weighted by atomic mass is 19.3. The maximum atomic E-state index is 14.5. The third kappa shape index (κ3) is 6.82. The molecule has 34 heavy (non-hydrogen) atoms. The van der Waals surface area contributed by atoms with Crippen molar-refractivity contribution in [1.29, 1.82) is 0 Å². The lowest BCUT2D eigenvalue weighted by Crippen LogP contribution is -2.23. The van der Waals surface area contributed by atoms with Crippen molar-refractivity contribution < 1.29 is 40.6 Å². The molecule has 0 saturated heterocycles. The Kier molecular flexibility index (Phi) is 7.96. The van der Waals surface area contributed by atoms with Crippen molar-refractivity contribution >= 4 is 0 Å². The van der Waals surface area contributed by atoms with E-state index in [1.807, 2.05) is 6.92 Å². The highest BCUT2D eigenvalue weighted by Crippen LogP contribution is 2.36. The quantitative estimate of drug-likeness (QED) is 0.259. The summed E-state index contributed by atoms with van der Waals surface area (Å²) in [5.41, 5.74) is -0.0368. The van der Waals surface area contributed by atoms with Crippen LogP contribution in [0.5, 0.6) is 17.2 Å². The highest BCUT2D eigenvalue weighted by molar-refractivity contribution is 5.34. The first-order chi connectivity index (χ1) is 16.1. The van der Waals surface area contributed by atoms with E-state index in [1.165, 1.54) is 12.1 Å². The number of rotatable bonds is 11. The fourth-order valence-electron chi connectivity index (χ4n) is 3.07. The summed E-state index contributed by atoms with van der Waals surface area (Å²) in [5, 5.41) is 0. The molecule has 182 valence electrons. The average Bonchev–Trinajstić information content (AvgIpc) is 2.79. The Hall–Kier alpha value is -3.36. The summed E-state index contributed by atoms with van der Waals surface area (Å²) in [6.45, 7) is -1.01. The van der Waals surface area contributed by atoms with Crippen LogP contribution < -0.4 is 14.2 Å². The molecule has 0 amide bonds. The fourth-order valence-corrected chi connectivity index (χ4v) is 3.07. The van der Waals surface area contributed by atoms with Gasteiger partial charge in [-0.1, -0.05) is 25.5 Å².